The summed E-state index contributed by atoms with van der Waals surface area (Å²) in [5, 5.41) is 3.96. The van der Waals surface area contributed by atoms with Crippen LogP contribution in [0.1, 0.15) is 32.1 Å². The van der Waals surface area contributed by atoms with Crippen molar-refractivity contribution in [3.8, 4) is 0 Å². The highest BCUT2D eigenvalue weighted by molar-refractivity contribution is 5.95. The SMILES string of the molecule is COC(=O)c1ccc(C=NNC(=O)c2c(C)nc3ccccn23)cc1. The van der Waals surface area contributed by atoms with Crippen molar-refractivity contribution in [3.63, 3.8) is 0 Å². The molecule has 0 aliphatic carbocycles. The number of benzene rings is 1. The second kappa shape index (κ2) is 6.96. The van der Waals surface area contributed by atoms with E-state index in [4.69, 9.17) is 0 Å². The molecule has 0 saturated heterocycles. The first-order valence-electron chi connectivity index (χ1n) is 7.55. The first-order valence-corrected chi connectivity index (χ1v) is 7.55. The minimum absolute atomic E-state index is 0.348. The Morgan fingerprint density at radius 2 is 1.96 bits per heavy atom. The van der Waals surface area contributed by atoms with E-state index in [-0.39, 0.29) is 5.91 Å². The molecular formula is C18H16N4O3. The number of carbonyl (C=O) groups is 2. The Hall–Kier alpha value is -3.48. The first kappa shape index (κ1) is 16.4. The highest BCUT2D eigenvalue weighted by Gasteiger charge is 2.15. The van der Waals surface area contributed by atoms with Gasteiger partial charge < -0.3 is 4.74 Å². The van der Waals surface area contributed by atoms with E-state index >= 15 is 0 Å². The summed E-state index contributed by atoms with van der Waals surface area (Å²) in [6, 6.07) is 12.2. The molecule has 25 heavy (non-hydrogen) atoms. The molecule has 2 aromatic heterocycles. The summed E-state index contributed by atoms with van der Waals surface area (Å²) in [6.45, 7) is 1.77. The van der Waals surface area contributed by atoms with Crippen molar-refractivity contribution >= 4 is 23.7 Å². The zero-order valence-electron chi connectivity index (χ0n) is 13.8. The summed E-state index contributed by atoms with van der Waals surface area (Å²) < 4.78 is 6.35. The van der Waals surface area contributed by atoms with Crippen molar-refractivity contribution in [2.45, 2.75) is 6.92 Å². The lowest BCUT2D eigenvalue weighted by Gasteiger charge is -2.02. The highest BCUT2D eigenvalue weighted by atomic mass is 16.5. The fourth-order valence-electron chi connectivity index (χ4n) is 2.43. The van der Waals surface area contributed by atoms with E-state index in [2.05, 4.69) is 20.2 Å². The van der Waals surface area contributed by atoms with E-state index in [0.717, 1.165) is 5.56 Å². The van der Waals surface area contributed by atoms with Gasteiger partial charge in [0.1, 0.15) is 11.3 Å². The van der Waals surface area contributed by atoms with Crippen molar-refractivity contribution in [3.05, 3.63) is 71.2 Å². The lowest BCUT2D eigenvalue weighted by Crippen LogP contribution is -2.20. The van der Waals surface area contributed by atoms with Crippen molar-refractivity contribution in [2.75, 3.05) is 7.11 Å². The molecule has 0 aliphatic rings. The first-order chi connectivity index (χ1) is 12.1. The number of imidazole rings is 1. The molecule has 0 aliphatic heterocycles. The third-order valence-electron chi connectivity index (χ3n) is 3.63. The summed E-state index contributed by atoms with van der Waals surface area (Å²) >= 11 is 0. The van der Waals surface area contributed by atoms with Gasteiger partial charge >= 0.3 is 5.97 Å². The molecule has 0 radical (unpaired) electrons. The maximum absolute atomic E-state index is 12.4. The Kier molecular flexibility index (Phi) is 4.56. The maximum Gasteiger partial charge on any atom is 0.337 e. The zero-order valence-corrected chi connectivity index (χ0v) is 13.8. The summed E-state index contributed by atoms with van der Waals surface area (Å²) in [6.07, 6.45) is 3.27. The quantitative estimate of drug-likeness (QED) is 0.450. The molecule has 2 heterocycles. The van der Waals surface area contributed by atoms with Gasteiger partial charge in [-0.2, -0.15) is 5.10 Å². The summed E-state index contributed by atoms with van der Waals surface area (Å²) in [5.74, 6) is -0.751. The second-order valence-corrected chi connectivity index (χ2v) is 5.29. The molecule has 1 amide bonds. The van der Waals surface area contributed by atoms with E-state index in [1.54, 1.807) is 41.8 Å². The van der Waals surface area contributed by atoms with Gasteiger partial charge in [0.05, 0.1) is 24.6 Å². The fourth-order valence-corrected chi connectivity index (χ4v) is 2.43. The largest absolute Gasteiger partial charge is 0.465 e. The molecule has 7 heteroatoms. The zero-order chi connectivity index (χ0) is 17.8. The van der Waals surface area contributed by atoms with Gasteiger partial charge in [0, 0.05) is 6.20 Å². The molecule has 0 fully saturated rings. The molecule has 0 bridgehead atoms. The fraction of sp³-hybridized carbons (Fsp3) is 0.111. The van der Waals surface area contributed by atoms with Crippen LogP contribution in [0.4, 0.5) is 0 Å². The Morgan fingerprint density at radius 3 is 2.68 bits per heavy atom. The molecule has 0 saturated carbocycles. The number of hydrogen-bond acceptors (Lipinski definition) is 5. The van der Waals surface area contributed by atoms with Gasteiger partial charge in [0.2, 0.25) is 0 Å². The van der Waals surface area contributed by atoms with Crippen molar-refractivity contribution in [2.24, 2.45) is 5.10 Å². The monoisotopic (exact) mass is 336 g/mol. The van der Waals surface area contributed by atoms with Crippen LogP contribution in [-0.2, 0) is 4.74 Å². The van der Waals surface area contributed by atoms with E-state index in [1.165, 1.54) is 13.3 Å². The highest BCUT2D eigenvalue weighted by Crippen LogP contribution is 2.11. The Balaban J connectivity index is 1.72. The van der Waals surface area contributed by atoms with Gasteiger partial charge in [0.15, 0.2) is 0 Å². The van der Waals surface area contributed by atoms with E-state index in [9.17, 15) is 9.59 Å². The Labute approximate surface area is 144 Å². The van der Waals surface area contributed by atoms with Crippen LogP contribution in [0.15, 0.2) is 53.8 Å². The lowest BCUT2D eigenvalue weighted by atomic mass is 10.1. The van der Waals surface area contributed by atoms with Crippen LogP contribution >= 0.6 is 0 Å². The number of hydrazone groups is 1. The van der Waals surface area contributed by atoms with Gasteiger partial charge in [-0.15, -0.1) is 0 Å². The summed E-state index contributed by atoms with van der Waals surface area (Å²) in [5.41, 5.74) is 5.45. The topological polar surface area (TPSA) is 85.1 Å². The number of aromatic nitrogens is 2. The Bertz CT molecular complexity index is 958. The van der Waals surface area contributed by atoms with Crippen molar-refractivity contribution < 1.29 is 14.3 Å². The maximum atomic E-state index is 12.4. The number of amides is 1. The molecule has 126 valence electrons. The van der Waals surface area contributed by atoms with Gasteiger partial charge in [-0.1, -0.05) is 18.2 Å². The van der Waals surface area contributed by atoms with E-state index < -0.39 is 5.97 Å². The predicted octanol–water partition coefficient (Wildman–Crippen LogP) is 2.19. The third kappa shape index (κ3) is 3.40. The minimum Gasteiger partial charge on any atom is -0.465 e. The number of pyridine rings is 1. The molecule has 0 atom stereocenters. The molecule has 3 rings (SSSR count). The minimum atomic E-state index is -0.403. The van der Waals surface area contributed by atoms with Gasteiger partial charge in [0.25, 0.3) is 5.91 Å². The van der Waals surface area contributed by atoms with Crippen LogP contribution in [0.2, 0.25) is 0 Å². The number of aryl methyl sites for hydroxylation is 1. The van der Waals surface area contributed by atoms with Crippen LogP contribution in [0, 0.1) is 6.92 Å². The normalized spacial score (nSPS) is 11.0. The second-order valence-electron chi connectivity index (χ2n) is 5.29. The molecule has 7 nitrogen and oxygen atoms in total. The molecule has 1 aromatic carbocycles. The number of fused-ring (bicyclic) bond motifs is 1. The molecular weight excluding hydrogens is 320 g/mol. The average molecular weight is 336 g/mol. The summed E-state index contributed by atoms with van der Waals surface area (Å²) in [7, 11) is 1.33. The number of hydrogen-bond donors (Lipinski definition) is 1. The number of rotatable bonds is 4. The molecule has 0 unspecified atom stereocenters. The smallest absolute Gasteiger partial charge is 0.337 e. The van der Waals surface area contributed by atoms with E-state index in [1.807, 2.05) is 18.2 Å². The number of ether oxygens (including phenoxy) is 1. The van der Waals surface area contributed by atoms with Gasteiger partial charge in [-0.3, -0.25) is 9.20 Å². The van der Waals surface area contributed by atoms with E-state index in [0.29, 0.717) is 22.6 Å². The van der Waals surface area contributed by atoms with Gasteiger partial charge in [-0.25, -0.2) is 15.2 Å². The average Bonchev–Trinajstić information content (AvgIpc) is 2.97. The van der Waals surface area contributed by atoms with Crippen molar-refractivity contribution in [1.29, 1.82) is 0 Å². The van der Waals surface area contributed by atoms with Crippen LogP contribution < -0.4 is 5.43 Å². The molecule has 3 aromatic rings. The summed E-state index contributed by atoms with van der Waals surface area (Å²) in [4.78, 5) is 28.1. The Morgan fingerprint density at radius 1 is 1.20 bits per heavy atom. The van der Waals surface area contributed by atoms with Gasteiger partial charge in [-0.05, 0) is 36.8 Å². The lowest BCUT2D eigenvalue weighted by molar-refractivity contribution is 0.0600. The number of methoxy groups -OCH3 is 1. The van der Waals surface area contributed by atoms with Crippen LogP contribution in [0.5, 0.6) is 0 Å². The number of esters is 1. The van der Waals surface area contributed by atoms with Crippen LogP contribution in [0.25, 0.3) is 5.65 Å². The number of nitrogens with one attached hydrogen (secondary N) is 1. The van der Waals surface area contributed by atoms with Crippen molar-refractivity contribution in [1.82, 2.24) is 14.8 Å². The number of nitrogens with zero attached hydrogens (tertiary/aromatic N) is 3. The van der Waals surface area contributed by atoms with Crippen LogP contribution in [0.3, 0.4) is 0 Å². The third-order valence-corrected chi connectivity index (χ3v) is 3.63. The standard InChI is InChI=1S/C18H16N4O3/c1-12-16(22-10-4-3-5-15(22)20-12)17(23)21-19-11-13-6-8-14(9-7-13)18(24)25-2/h3-11H,1-2H3,(H,21,23). The number of carbonyl (C=O) groups excluding carboxylic acids is 2. The molecule has 0 spiro atoms. The van der Waals surface area contributed by atoms with Crippen LogP contribution in [-0.4, -0.2) is 34.6 Å². The molecule has 1 N–H and O–H groups in total. The predicted molar refractivity (Wildman–Crippen MR) is 92.8 cm³/mol.